The maximum absolute atomic E-state index is 12.1. The zero-order valence-electron chi connectivity index (χ0n) is 10.9. The summed E-state index contributed by atoms with van der Waals surface area (Å²) in [5, 5.41) is 0.454. The van der Waals surface area contributed by atoms with Gasteiger partial charge in [-0.1, -0.05) is 23.7 Å². The summed E-state index contributed by atoms with van der Waals surface area (Å²) >= 11 is 5.89. The molecule has 0 amide bonds. The van der Waals surface area contributed by atoms with Gasteiger partial charge in [0.25, 0.3) is 0 Å². The number of halogens is 1. The van der Waals surface area contributed by atoms with E-state index in [-0.39, 0.29) is 11.0 Å². The Balaban J connectivity index is 2.54. The van der Waals surface area contributed by atoms with E-state index in [4.69, 9.17) is 11.6 Å². The van der Waals surface area contributed by atoms with Crippen molar-refractivity contribution >= 4 is 32.4 Å². The molecule has 1 N–H and O–H groups in total. The largest absolute Gasteiger partial charge is 0.259 e. The van der Waals surface area contributed by atoms with Gasteiger partial charge in [-0.25, -0.2) is 13.1 Å². The first kappa shape index (κ1) is 16.6. The molecule has 0 fully saturated rings. The van der Waals surface area contributed by atoms with E-state index in [9.17, 15) is 12.6 Å². The molecule has 0 spiro atoms. The number of rotatable bonds is 7. The SMILES string of the molecule is CNS(=O)(=O)CCC[S@](=O)[C@@H](C)c1cccc(Cl)c1. The Bertz CT molecular complexity index is 546. The number of sulfonamides is 1. The van der Waals surface area contributed by atoms with Gasteiger partial charge in [0.15, 0.2) is 0 Å². The molecule has 0 bridgehead atoms. The third kappa shape index (κ3) is 5.60. The number of nitrogens with one attached hydrogen (secondary N) is 1. The molecule has 0 radical (unpaired) electrons. The fourth-order valence-corrected chi connectivity index (χ4v) is 3.92. The van der Waals surface area contributed by atoms with E-state index in [2.05, 4.69) is 4.72 Å². The molecule has 1 rings (SSSR count). The standard InChI is InChI=1S/C12H18ClNO3S2/c1-10(11-5-3-6-12(13)9-11)18(15)7-4-8-19(16,17)14-2/h3,5-6,9-10,14H,4,7-8H2,1-2H3/t10-,18-/m0/s1. The van der Waals surface area contributed by atoms with Crippen molar-refractivity contribution in [3.05, 3.63) is 34.9 Å². The first-order chi connectivity index (χ1) is 8.85. The summed E-state index contributed by atoms with van der Waals surface area (Å²) in [6, 6.07) is 7.24. The van der Waals surface area contributed by atoms with Gasteiger partial charge < -0.3 is 0 Å². The maximum atomic E-state index is 12.1. The predicted molar refractivity (Wildman–Crippen MR) is 80.3 cm³/mol. The van der Waals surface area contributed by atoms with E-state index in [0.29, 0.717) is 17.2 Å². The van der Waals surface area contributed by atoms with Crippen molar-refractivity contribution in [3.8, 4) is 0 Å². The molecule has 0 aromatic heterocycles. The Hall–Kier alpha value is -0.430. The van der Waals surface area contributed by atoms with Crippen LogP contribution < -0.4 is 4.72 Å². The summed E-state index contributed by atoms with van der Waals surface area (Å²) in [7, 11) is -2.95. The van der Waals surface area contributed by atoms with Gasteiger partial charge in [0, 0.05) is 21.6 Å². The highest BCUT2D eigenvalue weighted by molar-refractivity contribution is 7.89. The lowest BCUT2D eigenvalue weighted by molar-refractivity contribution is 0.587. The van der Waals surface area contributed by atoms with E-state index >= 15 is 0 Å². The van der Waals surface area contributed by atoms with Crippen LogP contribution in [0.4, 0.5) is 0 Å². The third-order valence-corrected chi connectivity index (χ3v) is 6.22. The van der Waals surface area contributed by atoms with Crippen molar-refractivity contribution < 1.29 is 12.6 Å². The summed E-state index contributed by atoms with van der Waals surface area (Å²) in [5.41, 5.74) is 0.905. The molecule has 0 heterocycles. The van der Waals surface area contributed by atoms with Crippen molar-refractivity contribution in [2.75, 3.05) is 18.6 Å². The highest BCUT2D eigenvalue weighted by Gasteiger charge is 2.15. The van der Waals surface area contributed by atoms with E-state index in [1.54, 1.807) is 12.1 Å². The summed E-state index contributed by atoms with van der Waals surface area (Å²) in [5.74, 6) is 0.353. The van der Waals surface area contributed by atoms with Crippen molar-refractivity contribution in [2.45, 2.75) is 18.6 Å². The van der Waals surface area contributed by atoms with Crippen molar-refractivity contribution in [1.29, 1.82) is 0 Å². The molecule has 4 nitrogen and oxygen atoms in total. The predicted octanol–water partition coefficient (Wildman–Crippen LogP) is 2.09. The minimum absolute atomic E-state index is 0.00247. The Morgan fingerprint density at radius 1 is 1.42 bits per heavy atom. The van der Waals surface area contributed by atoms with E-state index in [1.807, 2.05) is 19.1 Å². The lowest BCUT2D eigenvalue weighted by Gasteiger charge is -2.12. The van der Waals surface area contributed by atoms with E-state index < -0.39 is 20.8 Å². The summed E-state index contributed by atoms with van der Waals surface area (Å²) in [4.78, 5) is 0. The van der Waals surface area contributed by atoms with Crippen LogP contribution in [0.2, 0.25) is 5.02 Å². The van der Waals surface area contributed by atoms with Crippen LogP contribution in [0.15, 0.2) is 24.3 Å². The van der Waals surface area contributed by atoms with Crippen LogP contribution in [-0.4, -0.2) is 31.2 Å². The van der Waals surface area contributed by atoms with Crippen LogP contribution in [0.1, 0.15) is 24.2 Å². The van der Waals surface area contributed by atoms with Crippen LogP contribution in [-0.2, 0) is 20.8 Å². The smallest absolute Gasteiger partial charge is 0.211 e. The molecule has 7 heteroatoms. The van der Waals surface area contributed by atoms with Crippen LogP contribution >= 0.6 is 11.6 Å². The van der Waals surface area contributed by atoms with Gasteiger partial charge in [-0.2, -0.15) is 0 Å². The average Bonchev–Trinajstić information content (AvgIpc) is 2.37. The highest BCUT2D eigenvalue weighted by Crippen LogP contribution is 2.22. The molecule has 0 unspecified atom stereocenters. The third-order valence-electron chi connectivity index (χ3n) is 2.78. The topological polar surface area (TPSA) is 63.2 Å². The maximum Gasteiger partial charge on any atom is 0.211 e. The van der Waals surface area contributed by atoms with Crippen molar-refractivity contribution in [3.63, 3.8) is 0 Å². The zero-order chi connectivity index (χ0) is 14.5. The molecule has 0 aliphatic carbocycles. The number of hydrogen-bond donors (Lipinski definition) is 1. The molecule has 0 aliphatic heterocycles. The molecule has 0 aliphatic rings. The number of benzene rings is 1. The highest BCUT2D eigenvalue weighted by atomic mass is 35.5. The Morgan fingerprint density at radius 3 is 2.68 bits per heavy atom. The molecule has 0 saturated heterocycles. The quantitative estimate of drug-likeness (QED) is 0.835. The molecule has 108 valence electrons. The zero-order valence-corrected chi connectivity index (χ0v) is 13.3. The van der Waals surface area contributed by atoms with Gasteiger partial charge in [-0.15, -0.1) is 0 Å². The van der Waals surface area contributed by atoms with Crippen LogP contribution in [0.3, 0.4) is 0 Å². The average molecular weight is 324 g/mol. The second kappa shape index (κ2) is 7.38. The first-order valence-corrected chi connectivity index (χ1v) is 9.31. The minimum atomic E-state index is -3.22. The fourth-order valence-electron chi connectivity index (χ4n) is 1.58. The minimum Gasteiger partial charge on any atom is -0.259 e. The van der Waals surface area contributed by atoms with Gasteiger partial charge in [-0.05, 0) is 38.1 Å². The number of hydrogen-bond acceptors (Lipinski definition) is 3. The molecule has 0 saturated carbocycles. The Labute approximate surface area is 122 Å². The molecular formula is C12H18ClNO3S2. The second-order valence-corrected chi connectivity index (χ2v) is 8.52. The summed E-state index contributed by atoms with van der Waals surface area (Å²) < 4.78 is 36.8. The van der Waals surface area contributed by atoms with Crippen molar-refractivity contribution in [2.24, 2.45) is 0 Å². The van der Waals surface area contributed by atoms with Gasteiger partial charge in [0.2, 0.25) is 10.0 Å². The summed E-state index contributed by atoms with van der Waals surface area (Å²) in [6.45, 7) is 1.86. The van der Waals surface area contributed by atoms with Crippen LogP contribution in [0, 0.1) is 0 Å². The molecule has 1 aromatic carbocycles. The molecule has 2 atom stereocenters. The Morgan fingerprint density at radius 2 is 2.11 bits per heavy atom. The Kier molecular flexibility index (Phi) is 6.46. The first-order valence-electron chi connectivity index (χ1n) is 5.89. The van der Waals surface area contributed by atoms with Gasteiger partial charge >= 0.3 is 0 Å². The lowest BCUT2D eigenvalue weighted by Crippen LogP contribution is -2.23. The second-order valence-electron chi connectivity index (χ2n) is 4.16. The van der Waals surface area contributed by atoms with Gasteiger partial charge in [0.1, 0.15) is 0 Å². The van der Waals surface area contributed by atoms with E-state index in [1.165, 1.54) is 7.05 Å². The normalized spacial score (nSPS) is 15.1. The molecule has 1 aromatic rings. The van der Waals surface area contributed by atoms with Crippen molar-refractivity contribution in [1.82, 2.24) is 4.72 Å². The molecular weight excluding hydrogens is 306 g/mol. The van der Waals surface area contributed by atoms with Gasteiger partial charge in [0.05, 0.1) is 11.0 Å². The van der Waals surface area contributed by atoms with E-state index in [0.717, 1.165) is 5.56 Å². The monoisotopic (exact) mass is 323 g/mol. The molecule has 19 heavy (non-hydrogen) atoms. The van der Waals surface area contributed by atoms with Crippen LogP contribution in [0.5, 0.6) is 0 Å². The van der Waals surface area contributed by atoms with Crippen LogP contribution in [0.25, 0.3) is 0 Å². The summed E-state index contributed by atoms with van der Waals surface area (Å²) in [6.07, 6.45) is 0.376. The lowest BCUT2D eigenvalue weighted by atomic mass is 10.2. The fraction of sp³-hybridized carbons (Fsp3) is 0.500. The van der Waals surface area contributed by atoms with Gasteiger partial charge in [-0.3, -0.25) is 4.21 Å².